The molecule has 0 spiro atoms. The van der Waals surface area contributed by atoms with Gasteiger partial charge in [-0.05, 0) is 29.7 Å². The molecule has 5 heteroatoms. The summed E-state index contributed by atoms with van der Waals surface area (Å²) in [5, 5.41) is 5.17. The van der Waals surface area contributed by atoms with Crippen molar-refractivity contribution in [3.63, 3.8) is 0 Å². The minimum Gasteiger partial charge on any atom is -0.364 e. The summed E-state index contributed by atoms with van der Waals surface area (Å²) < 4.78 is 22.8. The highest BCUT2D eigenvalue weighted by Gasteiger charge is 2.15. The number of aromatic amines is 1. The summed E-state index contributed by atoms with van der Waals surface area (Å²) in [6.45, 7) is 2.09. The molecular weight excluding hydrogens is 308 g/mol. The van der Waals surface area contributed by atoms with Crippen molar-refractivity contribution in [1.82, 2.24) is 4.98 Å². The van der Waals surface area contributed by atoms with Crippen molar-refractivity contribution in [2.24, 2.45) is 5.14 Å². The molecule has 0 amide bonds. The molecular formula is C18H18N2O2S. The lowest BCUT2D eigenvalue weighted by Gasteiger charge is -2.08. The van der Waals surface area contributed by atoms with Gasteiger partial charge in [-0.25, -0.2) is 13.6 Å². The second-order valence-electron chi connectivity index (χ2n) is 5.34. The molecule has 0 saturated heterocycles. The fourth-order valence-electron chi connectivity index (χ4n) is 2.73. The van der Waals surface area contributed by atoms with Crippen LogP contribution in [-0.4, -0.2) is 13.4 Å². The van der Waals surface area contributed by atoms with Gasteiger partial charge in [0.1, 0.15) is 0 Å². The molecule has 0 fully saturated rings. The second kappa shape index (κ2) is 6.02. The van der Waals surface area contributed by atoms with Gasteiger partial charge in [0.05, 0.1) is 4.90 Å². The number of nitrogens with one attached hydrogen (secondary N) is 1. The minimum atomic E-state index is -3.67. The van der Waals surface area contributed by atoms with E-state index in [-0.39, 0.29) is 4.90 Å². The Hall–Kier alpha value is -2.37. The predicted octanol–water partition coefficient (Wildman–Crippen LogP) is 3.56. The highest BCUT2D eigenvalue weighted by Crippen LogP contribution is 2.35. The Morgan fingerprint density at radius 1 is 0.957 bits per heavy atom. The smallest absolute Gasteiger partial charge is 0.238 e. The van der Waals surface area contributed by atoms with Crippen LogP contribution in [-0.2, 0) is 16.4 Å². The van der Waals surface area contributed by atoms with Crippen molar-refractivity contribution >= 4 is 10.0 Å². The highest BCUT2D eigenvalue weighted by molar-refractivity contribution is 7.89. The summed E-state index contributed by atoms with van der Waals surface area (Å²) in [4.78, 5) is 3.44. The van der Waals surface area contributed by atoms with Crippen LogP contribution in [0.3, 0.4) is 0 Å². The van der Waals surface area contributed by atoms with Gasteiger partial charge in [-0.2, -0.15) is 0 Å². The van der Waals surface area contributed by atoms with Crippen LogP contribution >= 0.6 is 0 Å². The zero-order valence-electron chi connectivity index (χ0n) is 12.8. The number of benzene rings is 2. The maximum atomic E-state index is 11.4. The molecule has 23 heavy (non-hydrogen) atoms. The molecule has 3 rings (SSSR count). The fourth-order valence-corrected chi connectivity index (χ4v) is 3.25. The average Bonchev–Trinajstić information content (AvgIpc) is 2.99. The van der Waals surface area contributed by atoms with Crippen LogP contribution < -0.4 is 5.14 Å². The van der Waals surface area contributed by atoms with Crippen molar-refractivity contribution < 1.29 is 8.42 Å². The maximum Gasteiger partial charge on any atom is 0.238 e. The molecule has 3 aromatic rings. The lowest BCUT2D eigenvalue weighted by molar-refractivity contribution is 0.598. The Kier molecular flexibility index (Phi) is 4.07. The maximum absolute atomic E-state index is 11.4. The number of aromatic nitrogens is 1. The van der Waals surface area contributed by atoms with Gasteiger partial charge in [0, 0.05) is 23.0 Å². The summed E-state index contributed by atoms with van der Waals surface area (Å²) >= 11 is 0. The fraction of sp³-hybridized carbons (Fsp3) is 0.111. The Bertz CT molecular complexity index is 911. The molecule has 0 atom stereocenters. The Balaban J connectivity index is 2.14. The first kappa shape index (κ1) is 15.5. The lowest BCUT2D eigenvalue weighted by Crippen LogP contribution is -2.11. The van der Waals surface area contributed by atoms with Crippen LogP contribution in [0.1, 0.15) is 12.6 Å². The molecule has 3 N–H and O–H groups in total. The van der Waals surface area contributed by atoms with Gasteiger partial charge in [0.25, 0.3) is 0 Å². The summed E-state index contributed by atoms with van der Waals surface area (Å²) in [6.07, 6.45) is 2.86. The predicted molar refractivity (Wildman–Crippen MR) is 92.4 cm³/mol. The molecule has 2 aromatic carbocycles. The van der Waals surface area contributed by atoms with E-state index in [0.717, 1.165) is 34.4 Å². The standard InChI is InChI=1S/C18H18N2O2S/c1-2-17-18(14-8-10-15(11-9-14)23(19,21)22)16(12-20-17)13-6-4-3-5-7-13/h3-12,20H,2H2,1H3,(H2,19,21,22). The first-order chi connectivity index (χ1) is 11.0. The van der Waals surface area contributed by atoms with Gasteiger partial charge in [0.15, 0.2) is 0 Å². The number of H-pyrrole nitrogens is 1. The van der Waals surface area contributed by atoms with E-state index in [0.29, 0.717) is 0 Å². The SMILES string of the molecule is CCc1[nH]cc(-c2ccccc2)c1-c1ccc(S(N)(=O)=O)cc1. The van der Waals surface area contributed by atoms with E-state index in [1.807, 2.05) is 24.4 Å². The second-order valence-corrected chi connectivity index (χ2v) is 6.91. The van der Waals surface area contributed by atoms with Crippen LogP contribution in [0, 0.1) is 0 Å². The number of hydrogen-bond donors (Lipinski definition) is 2. The van der Waals surface area contributed by atoms with Crippen LogP contribution in [0.4, 0.5) is 0 Å². The van der Waals surface area contributed by atoms with Gasteiger partial charge in [0.2, 0.25) is 10.0 Å². The van der Waals surface area contributed by atoms with Gasteiger partial charge in [-0.3, -0.25) is 0 Å². The molecule has 0 radical (unpaired) electrons. The number of sulfonamides is 1. The zero-order valence-corrected chi connectivity index (χ0v) is 13.6. The Morgan fingerprint density at radius 2 is 1.61 bits per heavy atom. The van der Waals surface area contributed by atoms with Crippen molar-refractivity contribution in [1.29, 1.82) is 0 Å². The number of nitrogens with two attached hydrogens (primary N) is 1. The molecule has 0 aliphatic carbocycles. The molecule has 0 saturated carbocycles. The average molecular weight is 326 g/mol. The number of hydrogen-bond acceptors (Lipinski definition) is 2. The van der Waals surface area contributed by atoms with Crippen LogP contribution in [0.25, 0.3) is 22.3 Å². The third-order valence-electron chi connectivity index (χ3n) is 3.87. The van der Waals surface area contributed by atoms with Crippen molar-refractivity contribution in [2.75, 3.05) is 0 Å². The normalized spacial score (nSPS) is 11.6. The van der Waals surface area contributed by atoms with Gasteiger partial charge >= 0.3 is 0 Å². The number of aryl methyl sites for hydroxylation is 1. The summed E-state index contributed by atoms with van der Waals surface area (Å²) in [6, 6.07) is 16.8. The Labute approximate surface area is 136 Å². The molecule has 0 bridgehead atoms. The van der Waals surface area contributed by atoms with E-state index in [2.05, 4.69) is 24.0 Å². The quantitative estimate of drug-likeness (QED) is 0.769. The monoisotopic (exact) mass is 326 g/mol. The topological polar surface area (TPSA) is 76.0 Å². The molecule has 1 aromatic heterocycles. The van der Waals surface area contributed by atoms with E-state index >= 15 is 0 Å². The molecule has 118 valence electrons. The van der Waals surface area contributed by atoms with Crippen molar-refractivity contribution in [2.45, 2.75) is 18.2 Å². The van der Waals surface area contributed by atoms with Gasteiger partial charge in [-0.1, -0.05) is 49.4 Å². The Morgan fingerprint density at radius 3 is 2.17 bits per heavy atom. The largest absolute Gasteiger partial charge is 0.364 e. The van der Waals surface area contributed by atoms with Crippen molar-refractivity contribution in [3.8, 4) is 22.3 Å². The minimum absolute atomic E-state index is 0.121. The summed E-state index contributed by atoms with van der Waals surface area (Å²) in [7, 11) is -3.67. The van der Waals surface area contributed by atoms with E-state index < -0.39 is 10.0 Å². The third-order valence-corrected chi connectivity index (χ3v) is 4.80. The number of primary sulfonamides is 1. The van der Waals surface area contributed by atoms with Crippen molar-refractivity contribution in [3.05, 3.63) is 66.5 Å². The third kappa shape index (κ3) is 3.06. The van der Waals surface area contributed by atoms with E-state index in [4.69, 9.17) is 5.14 Å². The van der Waals surface area contributed by atoms with Gasteiger partial charge in [-0.15, -0.1) is 0 Å². The molecule has 0 aliphatic heterocycles. The first-order valence-corrected chi connectivity index (χ1v) is 8.94. The van der Waals surface area contributed by atoms with Crippen LogP contribution in [0.2, 0.25) is 0 Å². The van der Waals surface area contributed by atoms with E-state index in [1.54, 1.807) is 24.3 Å². The lowest BCUT2D eigenvalue weighted by atomic mass is 9.96. The van der Waals surface area contributed by atoms with Crippen LogP contribution in [0.15, 0.2) is 65.7 Å². The molecule has 0 aliphatic rings. The van der Waals surface area contributed by atoms with Gasteiger partial charge < -0.3 is 4.98 Å². The van der Waals surface area contributed by atoms with E-state index in [9.17, 15) is 8.42 Å². The molecule has 4 nitrogen and oxygen atoms in total. The highest BCUT2D eigenvalue weighted by atomic mass is 32.2. The first-order valence-electron chi connectivity index (χ1n) is 7.39. The zero-order chi connectivity index (χ0) is 16.4. The summed E-state index contributed by atoms with van der Waals surface area (Å²) in [5.41, 5.74) is 5.40. The molecule has 0 unspecified atom stereocenters. The van der Waals surface area contributed by atoms with Crippen LogP contribution in [0.5, 0.6) is 0 Å². The molecule has 1 heterocycles. The summed E-state index contributed by atoms with van der Waals surface area (Å²) in [5.74, 6) is 0. The van der Waals surface area contributed by atoms with E-state index in [1.165, 1.54) is 0 Å². The number of rotatable bonds is 4.